The van der Waals surface area contributed by atoms with Crippen LogP contribution >= 0.6 is 0 Å². The third-order valence-corrected chi connectivity index (χ3v) is 7.26. The highest BCUT2D eigenvalue weighted by Crippen LogP contribution is 2.31. The molecule has 0 saturated heterocycles. The van der Waals surface area contributed by atoms with Crippen molar-refractivity contribution < 1.29 is 29.0 Å². The monoisotopic (exact) mass is 590 g/mol. The molecule has 1 aromatic rings. The predicted octanol–water partition coefficient (Wildman–Crippen LogP) is 4.22. The van der Waals surface area contributed by atoms with Gasteiger partial charge in [-0.05, 0) is 69.9 Å². The zero-order valence-electron chi connectivity index (χ0n) is 27.0. The summed E-state index contributed by atoms with van der Waals surface area (Å²) in [5.74, 6) is -3.57. The lowest BCUT2D eigenvalue weighted by Crippen LogP contribution is -2.50. The molecule has 10 nitrogen and oxygen atoms in total. The fourth-order valence-electron chi connectivity index (χ4n) is 4.86. The Bertz CT molecular complexity index is 1040. The predicted molar refractivity (Wildman–Crippen MR) is 165 cm³/mol. The van der Waals surface area contributed by atoms with Gasteiger partial charge in [0.05, 0.1) is 29.4 Å². The van der Waals surface area contributed by atoms with Crippen LogP contribution in [0.5, 0.6) is 0 Å². The molecule has 1 aromatic carbocycles. The number of nitrogens with two attached hydrogens (primary N) is 1. The molecule has 0 heterocycles. The second kappa shape index (κ2) is 17.2. The van der Waals surface area contributed by atoms with Crippen LogP contribution in [0.3, 0.4) is 0 Å². The van der Waals surface area contributed by atoms with E-state index in [9.17, 15) is 24.3 Å². The maximum Gasteiger partial charge on any atom is 0.312 e. The molecular weight excluding hydrogens is 536 g/mol. The van der Waals surface area contributed by atoms with Gasteiger partial charge in [-0.15, -0.1) is 0 Å². The van der Waals surface area contributed by atoms with Gasteiger partial charge in [-0.1, -0.05) is 53.2 Å². The number of para-hydroxylation sites is 1. The van der Waals surface area contributed by atoms with E-state index in [0.717, 1.165) is 12.8 Å². The summed E-state index contributed by atoms with van der Waals surface area (Å²) in [6.07, 6.45) is -0.0375. The molecule has 3 amide bonds. The quantitative estimate of drug-likeness (QED) is 0.109. The lowest BCUT2D eigenvalue weighted by atomic mass is 9.78. The van der Waals surface area contributed by atoms with E-state index in [1.165, 1.54) is 6.92 Å². The molecule has 0 radical (unpaired) electrons. The molecule has 10 heteroatoms. The maximum absolute atomic E-state index is 13.5. The molecule has 6 N–H and O–H groups in total. The fraction of sp³-hybridized carbons (Fsp3) is 0.688. The van der Waals surface area contributed by atoms with Crippen molar-refractivity contribution in [3.63, 3.8) is 0 Å². The third-order valence-electron chi connectivity index (χ3n) is 7.26. The number of anilines is 1. The van der Waals surface area contributed by atoms with Gasteiger partial charge in [0.15, 0.2) is 0 Å². The van der Waals surface area contributed by atoms with Crippen LogP contribution in [0.4, 0.5) is 5.69 Å². The normalized spacial score (nSPS) is 15.4. The number of rotatable bonds is 16. The first-order valence-corrected chi connectivity index (χ1v) is 15.1. The lowest BCUT2D eigenvalue weighted by molar-refractivity contribution is -0.166. The van der Waals surface area contributed by atoms with E-state index >= 15 is 0 Å². The minimum atomic E-state index is -1.17. The highest BCUT2D eigenvalue weighted by molar-refractivity contribution is 6.03. The molecule has 1 unspecified atom stereocenters. The third kappa shape index (κ3) is 12.5. The lowest BCUT2D eigenvalue weighted by Gasteiger charge is -2.34. The Labute approximate surface area is 251 Å². The molecule has 0 bridgehead atoms. The minimum absolute atomic E-state index is 0.0633. The summed E-state index contributed by atoms with van der Waals surface area (Å²) < 4.78 is 5.70. The molecule has 0 saturated carbocycles. The SMILES string of the molecule is CCCCNC(=O)[C@@H](C[C@H](O)[C@H](C[C@@H](C(C)C)C(N)NC(=O)c1ccccc1NC(C)=O)C(=O)OC(C)(C)C)C(C)C. The van der Waals surface area contributed by atoms with Crippen molar-refractivity contribution in [1.82, 2.24) is 10.6 Å². The fourth-order valence-corrected chi connectivity index (χ4v) is 4.86. The second-order valence-corrected chi connectivity index (χ2v) is 12.8. The first-order valence-electron chi connectivity index (χ1n) is 15.1. The van der Waals surface area contributed by atoms with E-state index in [1.54, 1.807) is 45.0 Å². The van der Waals surface area contributed by atoms with Crippen LogP contribution in [0.15, 0.2) is 24.3 Å². The van der Waals surface area contributed by atoms with Gasteiger partial charge in [0, 0.05) is 19.4 Å². The number of nitrogens with one attached hydrogen (secondary N) is 3. The Kier molecular flexibility index (Phi) is 15.2. The van der Waals surface area contributed by atoms with Crippen LogP contribution in [0.2, 0.25) is 0 Å². The van der Waals surface area contributed by atoms with Crippen molar-refractivity contribution in [2.45, 2.75) is 106 Å². The highest BCUT2D eigenvalue weighted by atomic mass is 16.6. The number of hydrogen-bond donors (Lipinski definition) is 5. The van der Waals surface area contributed by atoms with Crippen molar-refractivity contribution in [2.24, 2.45) is 35.3 Å². The Hall–Kier alpha value is -2.98. The molecule has 0 spiro atoms. The Morgan fingerprint density at radius 2 is 1.60 bits per heavy atom. The van der Waals surface area contributed by atoms with Gasteiger partial charge in [-0.25, -0.2) is 0 Å². The van der Waals surface area contributed by atoms with Crippen molar-refractivity contribution in [1.29, 1.82) is 0 Å². The van der Waals surface area contributed by atoms with Crippen molar-refractivity contribution in [3.05, 3.63) is 29.8 Å². The first-order chi connectivity index (χ1) is 19.5. The number of unbranched alkanes of at least 4 members (excludes halogenated alkanes) is 1. The summed E-state index contributed by atoms with van der Waals surface area (Å²) >= 11 is 0. The molecule has 5 atom stereocenters. The Balaban J connectivity index is 3.25. The van der Waals surface area contributed by atoms with Gasteiger partial charge in [0.2, 0.25) is 11.8 Å². The van der Waals surface area contributed by atoms with E-state index < -0.39 is 47.5 Å². The zero-order chi connectivity index (χ0) is 32.2. The number of ether oxygens (including phenoxy) is 1. The topological polar surface area (TPSA) is 160 Å². The second-order valence-electron chi connectivity index (χ2n) is 12.8. The van der Waals surface area contributed by atoms with Crippen molar-refractivity contribution in [3.8, 4) is 0 Å². The number of aliphatic hydroxyl groups excluding tert-OH is 1. The van der Waals surface area contributed by atoms with Crippen LogP contribution in [0.25, 0.3) is 0 Å². The number of carbonyl (C=O) groups is 4. The standard InChI is InChI=1S/C32H54N4O6/c1-10-11-16-34-29(39)24(20(4)5)18-27(38)25(31(41)42-32(7,8)9)17-23(19(2)3)28(33)36-30(40)22-14-12-13-15-26(22)35-21(6)37/h12-15,19-20,23-25,27-28,38H,10-11,16-18,33H2,1-9H3,(H,34,39)(H,35,37)(H,36,40)/t23-,24-,25-,27-,28?/m0/s1. The summed E-state index contributed by atoms with van der Waals surface area (Å²) in [5.41, 5.74) is 6.35. The average molecular weight is 591 g/mol. The number of carbonyl (C=O) groups excluding carboxylic acids is 4. The molecule has 0 aliphatic heterocycles. The van der Waals surface area contributed by atoms with Crippen LogP contribution in [0, 0.1) is 29.6 Å². The average Bonchev–Trinajstić information content (AvgIpc) is 2.85. The van der Waals surface area contributed by atoms with Gasteiger partial charge in [0.1, 0.15) is 5.60 Å². The maximum atomic E-state index is 13.5. The number of aliphatic hydroxyl groups is 1. The van der Waals surface area contributed by atoms with Crippen molar-refractivity contribution >= 4 is 29.4 Å². The van der Waals surface area contributed by atoms with E-state index in [0.29, 0.717) is 12.2 Å². The van der Waals surface area contributed by atoms with E-state index in [2.05, 4.69) is 16.0 Å². The number of amides is 3. The summed E-state index contributed by atoms with van der Waals surface area (Å²) in [6.45, 7) is 16.9. The van der Waals surface area contributed by atoms with E-state index in [-0.39, 0.29) is 42.1 Å². The highest BCUT2D eigenvalue weighted by Gasteiger charge is 2.39. The summed E-state index contributed by atoms with van der Waals surface area (Å²) in [7, 11) is 0. The van der Waals surface area contributed by atoms with Crippen LogP contribution < -0.4 is 21.7 Å². The molecule has 42 heavy (non-hydrogen) atoms. The molecule has 0 fully saturated rings. The van der Waals surface area contributed by atoms with Gasteiger partial charge in [0.25, 0.3) is 5.91 Å². The first kappa shape index (κ1) is 37.0. The molecule has 0 aliphatic carbocycles. The molecule has 0 aliphatic rings. The summed E-state index contributed by atoms with van der Waals surface area (Å²) in [6, 6.07) is 6.60. The zero-order valence-corrected chi connectivity index (χ0v) is 27.0. The smallest absolute Gasteiger partial charge is 0.312 e. The van der Waals surface area contributed by atoms with E-state index in [1.807, 2.05) is 34.6 Å². The molecule has 1 rings (SSSR count). The Morgan fingerprint density at radius 1 is 0.976 bits per heavy atom. The van der Waals surface area contributed by atoms with E-state index in [4.69, 9.17) is 10.5 Å². The summed E-state index contributed by atoms with van der Waals surface area (Å²) in [5, 5.41) is 19.9. The largest absolute Gasteiger partial charge is 0.460 e. The summed E-state index contributed by atoms with van der Waals surface area (Å²) in [4.78, 5) is 51.2. The molecule has 238 valence electrons. The Morgan fingerprint density at radius 3 is 2.12 bits per heavy atom. The van der Waals surface area contributed by atoms with Crippen LogP contribution in [0.1, 0.15) is 98.4 Å². The van der Waals surface area contributed by atoms with Gasteiger partial charge in [-0.3, -0.25) is 19.2 Å². The number of esters is 1. The van der Waals surface area contributed by atoms with Gasteiger partial charge >= 0.3 is 5.97 Å². The van der Waals surface area contributed by atoms with Crippen LogP contribution in [-0.4, -0.2) is 53.2 Å². The number of hydrogen-bond acceptors (Lipinski definition) is 7. The minimum Gasteiger partial charge on any atom is -0.460 e. The van der Waals surface area contributed by atoms with Crippen molar-refractivity contribution in [2.75, 3.05) is 11.9 Å². The van der Waals surface area contributed by atoms with Gasteiger partial charge < -0.3 is 31.5 Å². The number of benzene rings is 1. The van der Waals surface area contributed by atoms with Crippen LogP contribution in [-0.2, 0) is 19.1 Å². The van der Waals surface area contributed by atoms with Gasteiger partial charge in [-0.2, -0.15) is 0 Å². The molecular formula is C32H54N4O6. The molecule has 0 aromatic heterocycles.